The van der Waals surface area contributed by atoms with Crippen LogP contribution in [0.5, 0.6) is 0 Å². The molecule has 0 saturated carbocycles. The molecule has 7 heteroatoms. The molecule has 0 aliphatic heterocycles. The smallest absolute Gasteiger partial charge is 0.242 e. The summed E-state index contributed by atoms with van der Waals surface area (Å²) in [6.45, 7) is 4.45. The van der Waals surface area contributed by atoms with Crippen LogP contribution in [-0.4, -0.2) is 29.3 Å². The first-order chi connectivity index (χ1) is 13.8. The van der Waals surface area contributed by atoms with Gasteiger partial charge in [-0.05, 0) is 48.7 Å². The predicted octanol–water partition coefficient (Wildman–Crippen LogP) is 5.01. The van der Waals surface area contributed by atoms with Crippen LogP contribution in [0.15, 0.2) is 42.5 Å². The summed E-state index contributed by atoms with van der Waals surface area (Å²) in [6, 6.07) is 10.1. The average Bonchev–Trinajstić information content (AvgIpc) is 2.68. The molecule has 0 radical (unpaired) electrons. The number of halogens is 3. The van der Waals surface area contributed by atoms with Crippen molar-refractivity contribution in [3.05, 3.63) is 69.5 Å². The highest BCUT2D eigenvalue weighted by atomic mass is 35.5. The van der Waals surface area contributed by atoms with Gasteiger partial charge in [0.15, 0.2) is 0 Å². The zero-order chi connectivity index (χ0) is 21.4. The Labute approximate surface area is 181 Å². The molecule has 0 aliphatic rings. The maximum atomic E-state index is 13.2. The molecule has 2 rings (SSSR count). The first-order valence-electron chi connectivity index (χ1n) is 9.57. The van der Waals surface area contributed by atoms with Gasteiger partial charge in [0, 0.05) is 23.1 Å². The standard InChI is InChI=1S/C22H25Cl2FN2O2/c1-3-4-11-26-22(29)15(2)27(14-17-7-8-18(23)13-20(17)24)21(28)12-16-5-9-19(25)10-6-16/h5-10,13,15H,3-4,11-12,14H2,1-2H3,(H,26,29). The van der Waals surface area contributed by atoms with Crippen LogP contribution in [0.1, 0.15) is 37.8 Å². The van der Waals surface area contributed by atoms with E-state index in [0.29, 0.717) is 27.7 Å². The van der Waals surface area contributed by atoms with Crippen LogP contribution in [0.3, 0.4) is 0 Å². The number of nitrogens with zero attached hydrogens (tertiary/aromatic N) is 1. The third-order valence-electron chi connectivity index (χ3n) is 4.62. The maximum Gasteiger partial charge on any atom is 0.242 e. The molecule has 0 aliphatic carbocycles. The summed E-state index contributed by atoms with van der Waals surface area (Å²) in [4.78, 5) is 27.1. The maximum absolute atomic E-state index is 13.2. The minimum Gasteiger partial charge on any atom is -0.354 e. The van der Waals surface area contributed by atoms with Crippen molar-refractivity contribution in [2.75, 3.05) is 6.54 Å². The summed E-state index contributed by atoms with van der Waals surface area (Å²) in [7, 11) is 0. The van der Waals surface area contributed by atoms with Crippen LogP contribution in [0, 0.1) is 5.82 Å². The summed E-state index contributed by atoms with van der Waals surface area (Å²) in [5.74, 6) is -0.841. The second-order valence-electron chi connectivity index (χ2n) is 6.88. The van der Waals surface area contributed by atoms with Crippen molar-refractivity contribution in [3.8, 4) is 0 Å². The van der Waals surface area contributed by atoms with E-state index in [1.165, 1.54) is 17.0 Å². The summed E-state index contributed by atoms with van der Waals surface area (Å²) < 4.78 is 13.2. The lowest BCUT2D eigenvalue weighted by atomic mass is 10.1. The zero-order valence-electron chi connectivity index (χ0n) is 16.6. The molecule has 1 atom stereocenters. The van der Waals surface area contributed by atoms with Gasteiger partial charge in [0.2, 0.25) is 11.8 Å². The SMILES string of the molecule is CCCCNC(=O)C(C)N(Cc1ccc(Cl)cc1Cl)C(=O)Cc1ccc(F)cc1. The molecule has 4 nitrogen and oxygen atoms in total. The van der Waals surface area contributed by atoms with Gasteiger partial charge in [-0.15, -0.1) is 0 Å². The summed E-state index contributed by atoms with van der Waals surface area (Å²) >= 11 is 12.2. The van der Waals surface area contributed by atoms with Crippen molar-refractivity contribution in [1.82, 2.24) is 10.2 Å². The second-order valence-corrected chi connectivity index (χ2v) is 7.72. The van der Waals surface area contributed by atoms with Crippen molar-refractivity contribution in [2.24, 2.45) is 0 Å². The zero-order valence-corrected chi connectivity index (χ0v) is 18.1. The van der Waals surface area contributed by atoms with Crippen LogP contribution >= 0.6 is 23.2 Å². The van der Waals surface area contributed by atoms with Gasteiger partial charge in [0.1, 0.15) is 11.9 Å². The van der Waals surface area contributed by atoms with Crippen LogP contribution in [-0.2, 0) is 22.6 Å². The van der Waals surface area contributed by atoms with Crippen molar-refractivity contribution in [3.63, 3.8) is 0 Å². The molecule has 1 unspecified atom stereocenters. The largest absolute Gasteiger partial charge is 0.354 e. The van der Waals surface area contributed by atoms with E-state index in [2.05, 4.69) is 5.32 Å². The number of unbranched alkanes of at least 4 members (excludes halogenated alkanes) is 1. The van der Waals surface area contributed by atoms with E-state index in [9.17, 15) is 14.0 Å². The first-order valence-corrected chi connectivity index (χ1v) is 10.3. The molecule has 1 N–H and O–H groups in total. The van der Waals surface area contributed by atoms with E-state index in [1.54, 1.807) is 37.3 Å². The molecule has 29 heavy (non-hydrogen) atoms. The Morgan fingerprint density at radius 1 is 1.14 bits per heavy atom. The number of nitrogens with one attached hydrogen (secondary N) is 1. The Morgan fingerprint density at radius 3 is 2.45 bits per heavy atom. The molecular weight excluding hydrogens is 414 g/mol. The van der Waals surface area contributed by atoms with Crippen LogP contribution < -0.4 is 5.32 Å². The van der Waals surface area contributed by atoms with Gasteiger partial charge in [0.25, 0.3) is 0 Å². The van der Waals surface area contributed by atoms with Crippen LogP contribution in [0.25, 0.3) is 0 Å². The molecule has 0 saturated heterocycles. The number of carbonyl (C=O) groups is 2. The van der Waals surface area contributed by atoms with E-state index < -0.39 is 6.04 Å². The number of benzene rings is 2. The van der Waals surface area contributed by atoms with Crippen LogP contribution in [0.2, 0.25) is 10.0 Å². The summed E-state index contributed by atoms with van der Waals surface area (Å²) in [6.07, 6.45) is 1.88. The van der Waals surface area contributed by atoms with E-state index in [0.717, 1.165) is 12.8 Å². The van der Waals surface area contributed by atoms with E-state index in [1.807, 2.05) is 6.92 Å². The molecular formula is C22H25Cl2FN2O2. The number of carbonyl (C=O) groups excluding carboxylic acids is 2. The Balaban J connectivity index is 2.21. The van der Waals surface area contributed by atoms with Crippen molar-refractivity contribution in [2.45, 2.75) is 45.7 Å². The molecule has 0 aromatic heterocycles. The van der Waals surface area contributed by atoms with E-state index >= 15 is 0 Å². The van der Waals surface area contributed by atoms with Gasteiger partial charge in [0.05, 0.1) is 6.42 Å². The molecule has 156 valence electrons. The van der Waals surface area contributed by atoms with E-state index in [-0.39, 0.29) is 30.6 Å². The molecule has 0 fully saturated rings. The molecule has 0 heterocycles. The topological polar surface area (TPSA) is 49.4 Å². The molecule has 2 amide bonds. The lowest BCUT2D eigenvalue weighted by Gasteiger charge is -2.29. The molecule has 2 aromatic rings. The van der Waals surface area contributed by atoms with Crippen molar-refractivity contribution in [1.29, 1.82) is 0 Å². The molecule has 2 aromatic carbocycles. The average molecular weight is 439 g/mol. The second kappa shape index (κ2) is 11.2. The number of amides is 2. The van der Waals surface area contributed by atoms with Crippen LogP contribution in [0.4, 0.5) is 4.39 Å². The Hall–Kier alpha value is -2.11. The number of hydrogen-bond donors (Lipinski definition) is 1. The normalized spacial score (nSPS) is 11.8. The molecule has 0 bridgehead atoms. The fourth-order valence-corrected chi connectivity index (χ4v) is 3.30. The Kier molecular flexibility index (Phi) is 8.93. The van der Waals surface area contributed by atoms with Crippen molar-refractivity contribution >= 4 is 35.0 Å². The third kappa shape index (κ3) is 7.02. The number of hydrogen-bond acceptors (Lipinski definition) is 2. The van der Waals surface area contributed by atoms with E-state index in [4.69, 9.17) is 23.2 Å². The minimum absolute atomic E-state index is 0.0536. The number of rotatable bonds is 9. The van der Waals surface area contributed by atoms with Gasteiger partial charge in [-0.1, -0.05) is 54.7 Å². The van der Waals surface area contributed by atoms with Gasteiger partial charge in [-0.3, -0.25) is 9.59 Å². The van der Waals surface area contributed by atoms with Gasteiger partial charge < -0.3 is 10.2 Å². The molecule has 0 spiro atoms. The van der Waals surface area contributed by atoms with Crippen molar-refractivity contribution < 1.29 is 14.0 Å². The lowest BCUT2D eigenvalue weighted by Crippen LogP contribution is -2.48. The van der Waals surface area contributed by atoms with Gasteiger partial charge in [-0.25, -0.2) is 4.39 Å². The fourth-order valence-electron chi connectivity index (χ4n) is 2.83. The highest BCUT2D eigenvalue weighted by Crippen LogP contribution is 2.23. The lowest BCUT2D eigenvalue weighted by molar-refractivity contribution is -0.140. The first kappa shape index (κ1) is 23.2. The van der Waals surface area contributed by atoms with Gasteiger partial charge in [-0.2, -0.15) is 0 Å². The monoisotopic (exact) mass is 438 g/mol. The Bertz CT molecular complexity index is 843. The third-order valence-corrected chi connectivity index (χ3v) is 5.21. The Morgan fingerprint density at radius 2 is 1.83 bits per heavy atom. The fraction of sp³-hybridized carbons (Fsp3) is 0.364. The predicted molar refractivity (Wildman–Crippen MR) is 114 cm³/mol. The minimum atomic E-state index is -0.688. The van der Waals surface area contributed by atoms with Gasteiger partial charge >= 0.3 is 0 Å². The highest BCUT2D eigenvalue weighted by Gasteiger charge is 2.26. The summed E-state index contributed by atoms with van der Waals surface area (Å²) in [5.41, 5.74) is 1.36. The summed E-state index contributed by atoms with van der Waals surface area (Å²) in [5, 5.41) is 3.78. The highest BCUT2D eigenvalue weighted by molar-refractivity contribution is 6.35. The quantitative estimate of drug-likeness (QED) is 0.559.